The van der Waals surface area contributed by atoms with Crippen LogP contribution in [-0.2, 0) is 9.53 Å². The van der Waals surface area contributed by atoms with Crippen LogP contribution in [0.2, 0.25) is 0 Å². The molecule has 0 bridgehead atoms. The normalized spacial score (nSPS) is 17.1. The highest BCUT2D eigenvalue weighted by atomic mass is 19.3. The van der Waals surface area contributed by atoms with E-state index >= 15 is 0 Å². The van der Waals surface area contributed by atoms with Gasteiger partial charge in [-0.05, 0) is 50.6 Å². The van der Waals surface area contributed by atoms with Crippen LogP contribution in [0, 0.1) is 0 Å². The van der Waals surface area contributed by atoms with E-state index in [4.69, 9.17) is 15.2 Å². The first-order valence-corrected chi connectivity index (χ1v) is 13.0. The lowest BCUT2D eigenvalue weighted by atomic mass is 10.0. The summed E-state index contributed by atoms with van der Waals surface area (Å²) in [6.07, 6.45) is 6.21. The number of likely N-dealkylation sites (N-methyl/N-ethyl adjacent to an activating group) is 1. The van der Waals surface area contributed by atoms with Gasteiger partial charge >= 0.3 is 0 Å². The van der Waals surface area contributed by atoms with Gasteiger partial charge in [0.2, 0.25) is 5.91 Å². The summed E-state index contributed by atoms with van der Waals surface area (Å²) in [6.45, 7) is 5.72. The van der Waals surface area contributed by atoms with Gasteiger partial charge in [-0.15, -0.1) is 0 Å². The highest BCUT2D eigenvalue weighted by Gasteiger charge is 2.34. The molecule has 39 heavy (non-hydrogen) atoms. The zero-order valence-corrected chi connectivity index (χ0v) is 22.8. The largest absolute Gasteiger partial charge is 0.484 e. The molecule has 1 aliphatic heterocycles. The number of benzene rings is 1. The fraction of sp³-hybridized carbons (Fsp3) is 0.519. The number of halogens is 2. The van der Waals surface area contributed by atoms with Gasteiger partial charge in [-0.25, -0.2) is 18.8 Å². The summed E-state index contributed by atoms with van der Waals surface area (Å²) in [4.78, 5) is 31.3. The first kappa shape index (κ1) is 30.0. The number of hydrogen-bond acceptors (Lipinski definition) is 8. The summed E-state index contributed by atoms with van der Waals surface area (Å²) in [5.74, 6) is -3.18. The van der Waals surface area contributed by atoms with E-state index in [0.717, 1.165) is 25.8 Å². The van der Waals surface area contributed by atoms with Crippen molar-refractivity contribution < 1.29 is 23.0 Å². The van der Waals surface area contributed by atoms with Crippen LogP contribution in [-0.4, -0.2) is 91.8 Å². The van der Waals surface area contributed by atoms with Crippen LogP contribution in [0.4, 0.5) is 14.6 Å². The van der Waals surface area contributed by atoms with Crippen molar-refractivity contribution in [2.45, 2.75) is 44.6 Å². The van der Waals surface area contributed by atoms with Crippen LogP contribution < -0.4 is 15.8 Å². The number of nitrogens with one attached hydrogen (secondary N) is 1. The van der Waals surface area contributed by atoms with Gasteiger partial charge in [0.05, 0.1) is 24.3 Å². The Morgan fingerprint density at radius 3 is 2.90 bits per heavy atom. The number of aliphatic imine (C=N–C) groups is 2. The van der Waals surface area contributed by atoms with E-state index in [1.165, 1.54) is 12.4 Å². The number of carbonyl (C=O) groups is 1. The molecule has 0 saturated carbocycles. The molecule has 12 heteroatoms. The molecule has 1 amide bonds. The number of nitrogens with zero attached hydrogens (tertiary/aromatic N) is 5. The number of aromatic nitrogens is 2. The van der Waals surface area contributed by atoms with E-state index in [0.29, 0.717) is 35.5 Å². The van der Waals surface area contributed by atoms with Crippen molar-refractivity contribution in [1.82, 2.24) is 20.2 Å². The summed E-state index contributed by atoms with van der Waals surface area (Å²) in [5.41, 5.74) is 7.22. The SMILES string of the molecule is C=C(C=NC(COCCC)=NC)c1ccc2ncc(N)nc2c1OCC(F)(F)CNC(=O)C1CCCCN1C. The van der Waals surface area contributed by atoms with E-state index in [1.807, 2.05) is 18.9 Å². The maximum atomic E-state index is 14.9. The Labute approximate surface area is 227 Å². The zero-order valence-electron chi connectivity index (χ0n) is 22.8. The molecule has 3 rings (SSSR count). The number of amides is 1. The van der Waals surface area contributed by atoms with E-state index in [9.17, 15) is 13.6 Å². The van der Waals surface area contributed by atoms with Crippen LogP contribution in [0.5, 0.6) is 5.75 Å². The second-order valence-electron chi connectivity index (χ2n) is 9.44. The van der Waals surface area contributed by atoms with Crippen LogP contribution in [0.25, 0.3) is 16.6 Å². The van der Waals surface area contributed by atoms with Gasteiger partial charge in [0.1, 0.15) is 23.8 Å². The fourth-order valence-electron chi connectivity index (χ4n) is 4.12. The van der Waals surface area contributed by atoms with Crippen molar-refractivity contribution in [2.75, 3.05) is 52.7 Å². The number of alkyl halides is 2. The van der Waals surface area contributed by atoms with Crippen molar-refractivity contribution >= 4 is 40.4 Å². The van der Waals surface area contributed by atoms with Gasteiger partial charge in [0, 0.05) is 25.4 Å². The number of ether oxygens (including phenoxy) is 2. The number of hydrogen-bond donors (Lipinski definition) is 2. The number of nitrogen functional groups attached to an aromatic ring is 1. The predicted octanol–water partition coefficient (Wildman–Crippen LogP) is 3.37. The number of piperidine rings is 1. The third-order valence-corrected chi connectivity index (χ3v) is 6.26. The highest BCUT2D eigenvalue weighted by Crippen LogP contribution is 2.33. The second-order valence-corrected chi connectivity index (χ2v) is 9.44. The molecule has 1 fully saturated rings. The standard InChI is InChI=1S/C27H37F2N7O3/c1-5-12-38-15-23(31-3)33-13-18(2)19-9-10-20-24(35-22(30)14-32-20)25(19)39-17-27(28,29)16-34-26(37)21-8-6-7-11-36(21)4/h9-10,13-14,21H,2,5-8,11-12,15-17H2,1,3-4H3,(H2,30,35)(H,34,37). The minimum atomic E-state index is -3.36. The van der Waals surface area contributed by atoms with E-state index < -0.39 is 31.0 Å². The molecule has 3 N–H and O–H groups in total. The van der Waals surface area contributed by atoms with Crippen molar-refractivity contribution in [3.8, 4) is 5.75 Å². The number of allylic oxidation sites excluding steroid dienone is 1. The fourth-order valence-corrected chi connectivity index (χ4v) is 4.12. The average Bonchev–Trinajstić information content (AvgIpc) is 2.92. The molecule has 0 radical (unpaired) electrons. The summed E-state index contributed by atoms with van der Waals surface area (Å²) in [7, 11) is 3.42. The minimum absolute atomic E-state index is 0.0407. The molecule has 2 aromatic rings. The Balaban J connectivity index is 1.77. The maximum Gasteiger partial charge on any atom is 0.298 e. The summed E-state index contributed by atoms with van der Waals surface area (Å²) in [5, 5.41) is 2.38. The maximum absolute atomic E-state index is 14.9. The molecule has 1 saturated heterocycles. The average molecular weight is 546 g/mol. The molecule has 10 nitrogen and oxygen atoms in total. The van der Waals surface area contributed by atoms with Gasteiger partial charge in [0.15, 0.2) is 12.4 Å². The number of carbonyl (C=O) groups excluding carboxylic acids is 1. The lowest BCUT2D eigenvalue weighted by molar-refractivity contribution is -0.129. The van der Waals surface area contributed by atoms with Gasteiger partial charge < -0.3 is 20.5 Å². The molecule has 2 heterocycles. The highest BCUT2D eigenvalue weighted by molar-refractivity contribution is 6.14. The summed E-state index contributed by atoms with van der Waals surface area (Å²) < 4.78 is 40.9. The van der Waals surface area contributed by atoms with Gasteiger partial charge in [-0.1, -0.05) is 19.9 Å². The number of rotatable bonds is 12. The van der Waals surface area contributed by atoms with Gasteiger partial charge in [-0.3, -0.25) is 19.7 Å². The molecule has 212 valence electrons. The van der Waals surface area contributed by atoms with Crippen LogP contribution in [0.15, 0.2) is 34.9 Å². The minimum Gasteiger partial charge on any atom is -0.484 e. The predicted molar refractivity (Wildman–Crippen MR) is 150 cm³/mol. The van der Waals surface area contributed by atoms with Crippen LogP contribution >= 0.6 is 0 Å². The third kappa shape index (κ3) is 8.49. The molecule has 1 aromatic heterocycles. The van der Waals surface area contributed by atoms with Crippen molar-refractivity contribution in [2.24, 2.45) is 9.98 Å². The van der Waals surface area contributed by atoms with Gasteiger partial charge in [-0.2, -0.15) is 0 Å². The molecular weight excluding hydrogens is 508 g/mol. The lowest BCUT2D eigenvalue weighted by Gasteiger charge is -2.31. The van der Waals surface area contributed by atoms with Crippen LogP contribution in [0.1, 0.15) is 38.2 Å². The van der Waals surface area contributed by atoms with Crippen LogP contribution in [0.3, 0.4) is 0 Å². The molecule has 1 unspecified atom stereocenters. The number of amidine groups is 1. The molecular formula is C27H37F2N7O3. The second kappa shape index (κ2) is 14.0. The number of fused-ring (bicyclic) bond motifs is 1. The van der Waals surface area contributed by atoms with Crippen molar-refractivity contribution in [3.63, 3.8) is 0 Å². The monoisotopic (exact) mass is 545 g/mol. The Morgan fingerprint density at radius 2 is 2.18 bits per heavy atom. The smallest absolute Gasteiger partial charge is 0.298 e. The molecule has 0 spiro atoms. The van der Waals surface area contributed by atoms with Crippen molar-refractivity contribution in [1.29, 1.82) is 0 Å². The Bertz CT molecular complexity index is 1220. The Hall–Kier alpha value is -3.51. The first-order chi connectivity index (χ1) is 18.6. The first-order valence-electron chi connectivity index (χ1n) is 13.0. The van der Waals surface area contributed by atoms with E-state index in [2.05, 4.69) is 31.8 Å². The molecule has 1 aromatic carbocycles. The molecule has 0 aliphatic carbocycles. The Kier molecular flexibility index (Phi) is 10.8. The quantitative estimate of drug-likeness (QED) is 0.238. The third-order valence-electron chi connectivity index (χ3n) is 6.26. The zero-order chi connectivity index (χ0) is 28.4. The van der Waals surface area contributed by atoms with Gasteiger partial charge in [0.25, 0.3) is 5.92 Å². The topological polar surface area (TPSA) is 127 Å². The number of likely N-dealkylation sites (tertiary alicyclic amines) is 1. The van der Waals surface area contributed by atoms with Crippen molar-refractivity contribution in [3.05, 3.63) is 30.5 Å². The summed E-state index contributed by atoms with van der Waals surface area (Å²) in [6, 6.07) is 2.90. The van der Waals surface area contributed by atoms with E-state index in [1.54, 1.807) is 19.2 Å². The number of anilines is 1. The number of nitrogens with two attached hydrogens (primary N) is 1. The Morgan fingerprint density at radius 1 is 1.38 bits per heavy atom. The summed E-state index contributed by atoms with van der Waals surface area (Å²) >= 11 is 0. The molecule has 1 aliphatic rings. The molecule has 1 atom stereocenters. The lowest BCUT2D eigenvalue weighted by Crippen LogP contribution is -2.50. The van der Waals surface area contributed by atoms with E-state index in [-0.39, 0.29) is 23.7 Å².